The van der Waals surface area contributed by atoms with Crippen LogP contribution >= 0.6 is 0 Å². The minimum Gasteiger partial charge on any atom is -0.508 e. The van der Waals surface area contributed by atoms with E-state index in [1.165, 1.54) is 19.3 Å². The third-order valence-electron chi connectivity index (χ3n) is 3.02. The lowest BCUT2D eigenvalue weighted by atomic mass is 10.1. The van der Waals surface area contributed by atoms with Crippen LogP contribution in [-0.2, 0) is 0 Å². The Kier molecular flexibility index (Phi) is 3.67. The summed E-state index contributed by atoms with van der Waals surface area (Å²) in [6.45, 7) is 3.76. The molecule has 1 aromatic carbocycles. The van der Waals surface area contributed by atoms with Gasteiger partial charge in [-0.05, 0) is 37.9 Å². The van der Waals surface area contributed by atoms with Gasteiger partial charge in [0, 0.05) is 12.1 Å². The largest absolute Gasteiger partial charge is 0.508 e. The van der Waals surface area contributed by atoms with E-state index in [1.807, 2.05) is 13.0 Å². The normalized spacial score (nSPS) is 20.7. The summed E-state index contributed by atoms with van der Waals surface area (Å²) in [5, 5.41) is 12.8. The molecule has 88 valence electrons. The Labute approximate surface area is 96.4 Å². The number of phenols is 1. The van der Waals surface area contributed by atoms with E-state index in [-0.39, 0.29) is 5.75 Å². The molecule has 1 aromatic rings. The van der Waals surface area contributed by atoms with Crippen LogP contribution in [0.15, 0.2) is 18.2 Å². The second-order valence-electron chi connectivity index (χ2n) is 4.41. The molecule has 2 rings (SSSR count). The summed E-state index contributed by atoms with van der Waals surface area (Å²) in [5.74, 6) is 1.05. The number of phenolic OH excluding ortho intramolecular Hbond substituents is 1. The first-order chi connectivity index (χ1) is 7.75. The molecule has 0 spiro atoms. The molecule has 1 fully saturated rings. The minimum atomic E-state index is 0.261. The second-order valence-corrected chi connectivity index (χ2v) is 4.41. The molecule has 0 aromatic heterocycles. The van der Waals surface area contributed by atoms with Crippen LogP contribution in [0.2, 0.25) is 0 Å². The number of aromatic hydroxyl groups is 1. The zero-order valence-electron chi connectivity index (χ0n) is 9.70. The van der Waals surface area contributed by atoms with E-state index in [9.17, 15) is 5.11 Å². The first-order valence-electron chi connectivity index (χ1n) is 5.91. The Morgan fingerprint density at radius 1 is 1.44 bits per heavy atom. The van der Waals surface area contributed by atoms with Gasteiger partial charge in [0.25, 0.3) is 0 Å². The van der Waals surface area contributed by atoms with Crippen LogP contribution in [0, 0.1) is 6.92 Å². The SMILES string of the molecule is Cc1ccc(O)cc1OCC1CCCCN1. The van der Waals surface area contributed by atoms with Crippen LogP contribution in [0.4, 0.5) is 0 Å². The summed E-state index contributed by atoms with van der Waals surface area (Å²) >= 11 is 0. The Morgan fingerprint density at radius 3 is 3.06 bits per heavy atom. The van der Waals surface area contributed by atoms with Gasteiger partial charge in [-0.2, -0.15) is 0 Å². The van der Waals surface area contributed by atoms with Gasteiger partial charge in [0.1, 0.15) is 18.1 Å². The molecule has 0 amide bonds. The molecule has 1 heterocycles. The lowest BCUT2D eigenvalue weighted by Gasteiger charge is -2.23. The molecular formula is C13H19NO2. The lowest BCUT2D eigenvalue weighted by Crippen LogP contribution is -2.38. The second kappa shape index (κ2) is 5.21. The Hall–Kier alpha value is -1.22. The van der Waals surface area contributed by atoms with Gasteiger partial charge in [-0.3, -0.25) is 0 Å². The summed E-state index contributed by atoms with van der Waals surface area (Å²) in [4.78, 5) is 0. The van der Waals surface area contributed by atoms with E-state index >= 15 is 0 Å². The molecule has 3 nitrogen and oxygen atoms in total. The smallest absolute Gasteiger partial charge is 0.125 e. The number of hydrogen-bond donors (Lipinski definition) is 2. The number of nitrogens with one attached hydrogen (secondary N) is 1. The van der Waals surface area contributed by atoms with Gasteiger partial charge in [-0.1, -0.05) is 12.5 Å². The first-order valence-corrected chi connectivity index (χ1v) is 5.91. The van der Waals surface area contributed by atoms with Crippen molar-refractivity contribution in [1.29, 1.82) is 0 Å². The third kappa shape index (κ3) is 2.89. The Balaban J connectivity index is 1.90. The Bertz CT molecular complexity index is 346. The molecule has 16 heavy (non-hydrogen) atoms. The van der Waals surface area contributed by atoms with E-state index < -0.39 is 0 Å². The van der Waals surface area contributed by atoms with Crippen molar-refractivity contribution < 1.29 is 9.84 Å². The zero-order valence-corrected chi connectivity index (χ0v) is 9.70. The number of piperidine rings is 1. The van der Waals surface area contributed by atoms with Crippen molar-refractivity contribution in [3.05, 3.63) is 23.8 Å². The van der Waals surface area contributed by atoms with Crippen molar-refractivity contribution in [2.75, 3.05) is 13.2 Å². The number of rotatable bonds is 3. The van der Waals surface area contributed by atoms with E-state index in [0.717, 1.165) is 17.9 Å². The lowest BCUT2D eigenvalue weighted by molar-refractivity contribution is 0.237. The van der Waals surface area contributed by atoms with Gasteiger partial charge < -0.3 is 15.2 Å². The van der Waals surface area contributed by atoms with Crippen molar-refractivity contribution >= 4 is 0 Å². The van der Waals surface area contributed by atoms with Gasteiger partial charge >= 0.3 is 0 Å². The number of hydrogen-bond acceptors (Lipinski definition) is 3. The van der Waals surface area contributed by atoms with Gasteiger partial charge in [-0.25, -0.2) is 0 Å². The maximum atomic E-state index is 9.38. The first kappa shape index (κ1) is 11.3. The predicted molar refractivity (Wildman–Crippen MR) is 64.0 cm³/mol. The highest BCUT2D eigenvalue weighted by Gasteiger charge is 2.13. The summed E-state index contributed by atoms with van der Waals surface area (Å²) in [7, 11) is 0. The van der Waals surface area contributed by atoms with Gasteiger partial charge in [0.15, 0.2) is 0 Å². The highest BCUT2D eigenvalue weighted by Crippen LogP contribution is 2.23. The van der Waals surface area contributed by atoms with Crippen LogP contribution < -0.4 is 10.1 Å². The van der Waals surface area contributed by atoms with E-state index in [1.54, 1.807) is 12.1 Å². The molecule has 0 bridgehead atoms. The van der Waals surface area contributed by atoms with E-state index in [2.05, 4.69) is 5.32 Å². The summed E-state index contributed by atoms with van der Waals surface area (Å²) in [5.41, 5.74) is 1.06. The molecule has 1 aliphatic heterocycles. The topological polar surface area (TPSA) is 41.5 Å². The zero-order chi connectivity index (χ0) is 11.4. The van der Waals surface area contributed by atoms with Crippen molar-refractivity contribution in [3.8, 4) is 11.5 Å². The number of aryl methyl sites for hydroxylation is 1. The van der Waals surface area contributed by atoms with Crippen molar-refractivity contribution in [2.24, 2.45) is 0 Å². The summed E-state index contributed by atoms with van der Waals surface area (Å²) in [6, 6.07) is 5.69. The maximum absolute atomic E-state index is 9.38. The van der Waals surface area contributed by atoms with Crippen LogP contribution in [0.1, 0.15) is 24.8 Å². The molecule has 1 aliphatic rings. The quantitative estimate of drug-likeness (QED) is 0.822. The van der Waals surface area contributed by atoms with Crippen LogP contribution in [0.5, 0.6) is 11.5 Å². The standard InChI is InChI=1S/C13H19NO2/c1-10-5-6-12(15)8-13(10)16-9-11-4-2-3-7-14-11/h5-6,8,11,14-15H,2-4,7,9H2,1H3. The minimum absolute atomic E-state index is 0.261. The fourth-order valence-electron chi connectivity index (χ4n) is 2.00. The average molecular weight is 221 g/mol. The number of ether oxygens (including phenoxy) is 1. The van der Waals surface area contributed by atoms with Crippen LogP contribution in [0.25, 0.3) is 0 Å². The van der Waals surface area contributed by atoms with E-state index in [4.69, 9.17) is 4.74 Å². The molecule has 2 N–H and O–H groups in total. The third-order valence-corrected chi connectivity index (χ3v) is 3.02. The van der Waals surface area contributed by atoms with Crippen LogP contribution in [0.3, 0.4) is 0 Å². The summed E-state index contributed by atoms with van der Waals surface area (Å²) in [6.07, 6.45) is 3.72. The highest BCUT2D eigenvalue weighted by molar-refractivity contribution is 5.39. The molecule has 0 aliphatic carbocycles. The molecule has 1 unspecified atom stereocenters. The monoisotopic (exact) mass is 221 g/mol. The molecule has 3 heteroatoms. The highest BCUT2D eigenvalue weighted by atomic mass is 16.5. The predicted octanol–water partition coefficient (Wildman–Crippen LogP) is 2.22. The van der Waals surface area contributed by atoms with Gasteiger partial charge in [-0.15, -0.1) is 0 Å². The average Bonchev–Trinajstić information content (AvgIpc) is 2.32. The molecule has 1 saturated heterocycles. The molecular weight excluding hydrogens is 202 g/mol. The Morgan fingerprint density at radius 2 is 2.31 bits per heavy atom. The van der Waals surface area contributed by atoms with Crippen molar-refractivity contribution in [3.63, 3.8) is 0 Å². The molecule has 1 atom stereocenters. The fourth-order valence-corrected chi connectivity index (χ4v) is 2.00. The van der Waals surface area contributed by atoms with Gasteiger partial charge in [0.05, 0.1) is 0 Å². The number of benzene rings is 1. The fraction of sp³-hybridized carbons (Fsp3) is 0.538. The molecule has 0 radical (unpaired) electrons. The van der Waals surface area contributed by atoms with E-state index in [0.29, 0.717) is 12.6 Å². The summed E-state index contributed by atoms with van der Waals surface area (Å²) < 4.78 is 5.73. The van der Waals surface area contributed by atoms with Crippen molar-refractivity contribution in [2.45, 2.75) is 32.2 Å². The maximum Gasteiger partial charge on any atom is 0.125 e. The van der Waals surface area contributed by atoms with Crippen molar-refractivity contribution in [1.82, 2.24) is 5.32 Å². The molecule has 0 saturated carbocycles. The van der Waals surface area contributed by atoms with Crippen LogP contribution in [-0.4, -0.2) is 24.3 Å². The van der Waals surface area contributed by atoms with Gasteiger partial charge in [0.2, 0.25) is 0 Å².